The second-order valence-corrected chi connectivity index (χ2v) is 16.0. The number of hydrogen-bond donors (Lipinski definition) is 2. The Bertz CT molecular complexity index is 1090. The molecule has 4 saturated carbocycles. The van der Waals surface area contributed by atoms with E-state index < -0.39 is 25.2 Å². The lowest BCUT2D eigenvalue weighted by atomic mass is 9.43. The van der Waals surface area contributed by atoms with Gasteiger partial charge < -0.3 is 19.7 Å². The predicted molar refractivity (Wildman–Crippen MR) is 178 cm³/mol. The number of aliphatic hydroxyl groups excluding tert-OH is 2. The molecule has 6 heteroatoms. The first-order chi connectivity index (χ1) is 21.4. The highest BCUT2D eigenvalue weighted by Gasteiger charge is 2.61. The maximum atomic E-state index is 12.3. The molecule has 45 heavy (non-hydrogen) atoms. The molecule has 0 aromatic heterocycles. The van der Waals surface area contributed by atoms with E-state index in [0.717, 1.165) is 42.9 Å². The van der Waals surface area contributed by atoms with E-state index in [1.165, 1.54) is 57.8 Å². The van der Waals surface area contributed by atoms with E-state index in [1.54, 1.807) is 0 Å². The van der Waals surface area contributed by atoms with Gasteiger partial charge in [-0.05, 0) is 116 Å². The fourth-order valence-corrected chi connectivity index (χ4v) is 10.6. The quantitative estimate of drug-likeness (QED) is 0.121. The van der Waals surface area contributed by atoms with E-state index in [9.17, 15) is 19.8 Å². The molecule has 4 unspecified atom stereocenters. The lowest BCUT2D eigenvalue weighted by Gasteiger charge is -2.61. The number of carbonyl (C=O) groups is 2. The Labute approximate surface area is 272 Å². The first-order valence-corrected chi connectivity index (χ1v) is 17.8. The van der Waals surface area contributed by atoms with Crippen molar-refractivity contribution in [2.75, 3.05) is 26.4 Å². The zero-order chi connectivity index (χ0) is 32.9. The molecule has 9 atom stereocenters. The average Bonchev–Trinajstić information content (AvgIpc) is 3.38. The molecule has 0 heterocycles. The first-order valence-electron chi connectivity index (χ1n) is 17.8. The van der Waals surface area contributed by atoms with Crippen molar-refractivity contribution in [3.8, 4) is 12.3 Å². The van der Waals surface area contributed by atoms with Gasteiger partial charge in [-0.15, -0.1) is 12.3 Å². The Morgan fingerprint density at radius 2 is 1.47 bits per heavy atom. The highest BCUT2D eigenvalue weighted by molar-refractivity contribution is 5.88. The van der Waals surface area contributed by atoms with Crippen LogP contribution in [0.4, 0.5) is 0 Å². The third-order valence-corrected chi connectivity index (χ3v) is 13.3. The van der Waals surface area contributed by atoms with Gasteiger partial charge in [0, 0.05) is 11.8 Å². The van der Waals surface area contributed by atoms with Gasteiger partial charge in [0.05, 0.1) is 37.6 Å². The molecule has 0 saturated heterocycles. The van der Waals surface area contributed by atoms with Gasteiger partial charge in [-0.1, -0.05) is 53.7 Å². The number of carbonyl (C=O) groups excluding carboxylic acids is 2. The molecule has 0 aliphatic heterocycles. The molecule has 4 aliphatic carbocycles. The number of rotatable bonds is 14. The normalized spacial score (nSPS) is 34.6. The Balaban J connectivity index is 1.44. The molecule has 4 rings (SSSR count). The zero-order valence-electron chi connectivity index (χ0n) is 28.5. The maximum absolute atomic E-state index is 12.3. The molecular weight excluding hydrogens is 564 g/mol. The van der Waals surface area contributed by atoms with Crippen molar-refractivity contribution in [1.29, 1.82) is 0 Å². The van der Waals surface area contributed by atoms with Crippen molar-refractivity contribution in [1.82, 2.24) is 0 Å². The summed E-state index contributed by atoms with van der Waals surface area (Å²) in [6, 6.07) is 0. The van der Waals surface area contributed by atoms with E-state index >= 15 is 0 Å². The van der Waals surface area contributed by atoms with E-state index in [2.05, 4.69) is 46.8 Å². The number of terminal acetylenes is 1. The topological polar surface area (TPSA) is 93.1 Å². The molecule has 4 fully saturated rings. The second-order valence-electron chi connectivity index (χ2n) is 16.0. The van der Waals surface area contributed by atoms with E-state index in [0.29, 0.717) is 23.2 Å². The summed E-state index contributed by atoms with van der Waals surface area (Å²) in [5.74, 6) is 6.75. The zero-order valence-corrected chi connectivity index (χ0v) is 28.5. The Kier molecular flexibility index (Phi) is 12.1. The summed E-state index contributed by atoms with van der Waals surface area (Å²) < 4.78 is 11.1. The molecule has 0 bridgehead atoms. The molecule has 0 aromatic rings. The van der Waals surface area contributed by atoms with Gasteiger partial charge in [-0.2, -0.15) is 0 Å². The van der Waals surface area contributed by atoms with Crippen molar-refractivity contribution in [3.05, 3.63) is 24.3 Å². The summed E-state index contributed by atoms with van der Waals surface area (Å²) in [6.07, 6.45) is 20.7. The van der Waals surface area contributed by atoms with E-state index in [4.69, 9.17) is 15.9 Å². The lowest BCUT2D eigenvalue weighted by Crippen LogP contribution is -2.54. The monoisotopic (exact) mass is 624 g/mol. The third-order valence-electron chi connectivity index (χ3n) is 13.3. The van der Waals surface area contributed by atoms with Gasteiger partial charge in [-0.3, -0.25) is 0 Å². The Morgan fingerprint density at radius 1 is 0.867 bits per heavy atom. The summed E-state index contributed by atoms with van der Waals surface area (Å²) in [5, 5.41) is 18.6. The molecular formula is C39H60O6. The summed E-state index contributed by atoms with van der Waals surface area (Å²) in [7, 11) is 0. The van der Waals surface area contributed by atoms with Gasteiger partial charge >= 0.3 is 11.9 Å². The standard InChI is InChI=1S/C39H60O6/c1-8-28(11-9-10-25(2)3)33-14-15-34-32-13-12-31-20-29(16-18-38(31,6)35(32)17-19-39(33,34)7)30(23-44-36(42)26(4)21-40)24-45-37(43)27(5)22-41/h1,25,28-35,40-41H,4-5,9-24H2,2-3,6-7H3/t28-,29+,31?,32?,33-,34?,35?,38+,39-/m1/s1. The van der Waals surface area contributed by atoms with Crippen LogP contribution in [0, 0.1) is 76.4 Å². The molecule has 6 nitrogen and oxygen atoms in total. The summed E-state index contributed by atoms with van der Waals surface area (Å²) in [6.45, 7) is 16.2. The fraction of sp³-hybridized carbons (Fsp3) is 0.795. The van der Waals surface area contributed by atoms with Crippen molar-refractivity contribution in [3.63, 3.8) is 0 Å². The van der Waals surface area contributed by atoms with Crippen LogP contribution in [-0.2, 0) is 19.1 Å². The molecule has 0 radical (unpaired) electrons. The number of hydrogen-bond acceptors (Lipinski definition) is 6. The van der Waals surface area contributed by atoms with Crippen LogP contribution >= 0.6 is 0 Å². The number of ether oxygens (including phenoxy) is 2. The smallest absolute Gasteiger partial charge is 0.335 e. The maximum Gasteiger partial charge on any atom is 0.335 e. The SMILES string of the molecule is C#C[C@H](CCCC(C)C)[C@H]1CCC2C3CCC4C[C@@H](C(COC(=O)C(=C)CO)COC(=O)C(=C)CO)CC[C@]4(C)C3CC[C@@]21C. The Morgan fingerprint density at radius 3 is 2.04 bits per heavy atom. The average molecular weight is 625 g/mol. The van der Waals surface area contributed by atoms with Crippen molar-refractivity contribution in [2.45, 2.75) is 105 Å². The lowest BCUT2D eigenvalue weighted by molar-refractivity contribution is -0.150. The molecule has 252 valence electrons. The number of aliphatic hydroxyl groups is 2. The highest BCUT2D eigenvalue weighted by Crippen LogP contribution is 2.69. The van der Waals surface area contributed by atoms with Gasteiger partial charge in [0.1, 0.15) is 0 Å². The minimum Gasteiger partial charge on any atom is -0.462 e. The summed E-state index contributed by atoms with van der Waals surface area (Å²) in [4.78, 5) is 24.6. The molecule has 2 N–H and O–H groups in total. The largest absolute Gasteiger partial charge is 0.462 e. The fourth-order valence-electron chi connectivity index (χ4n) is 10.6. The van der Waals surface area contributed by atoms with Crippen molar-refractivity contribution < 1.29 is 29.3 Å². The van der Waals surface area contributed by atoms with E-state index in [1.807, 2.05) is 0 Å². The van der Waals surface area contributed by atoms with Gasteiger partial charge in [0.15, 0.2) is 0 Å². The van der Waals surface area contributed by atoms with Crippen LogP contribution in [0.25, 0.3) is 0 Å². The number of esters is 2. The first kappa shape index (κ1) is 35.7. The highest BCUT2D eigenvalue weighted by atomic mass is 16.5. The van der Waals surface area contributed by atoms with Crippen LogP contribution in [0.3, 0.4) is 0 Å². The van der Waals surface area contributed by atoms with Crippen molar-refractivity contribution in [2.24, 2.45) is 64.1 Å². The van der Waals surface area contributed by atoms with E-state index in [-0.39, 0.29) is 41.6 Å². The van der Waals surface area contributed by atoms with Crippen LogP contribution in [0.1, 0.15) is 105 Å². The van der Waals surface area contributed by atoms with Gasteiger partial charge in [0.2, 0.25) is 0 Å². The van der Waals surface area contributed by atoms with Crippen molar-refractivity contribution >= 4 is 11.9 Å². The van der Waals surface area contributed by atoms with Crippen LogP contribution in [0.5, 0.6) is 0 Å². The third kappa shape index (κ3) is 7.57. The van der Waals surface area contributed by atoms with Gasteiger partial charge in [-0.25, -0.2) is 9.59 Å². The summed E-state index contributed by atoms with van der Waals surface area (Å²) in [5.41, 5.74) is 0.662. The summed E-state index contributed by atoms with van der Waals surface area (Å²) >= 11 is 0. The molecule has 0 spiro atoms. The second kappa shape index (κ2) is 15.2. The molecule has 0 aromatic carbocycles. The minimum atomic E-state index is -0.623. The molecule has 0 amide bonds. The minimum absolute atomic E-state index is 0.0107. The number of fused-ring (bicyclic) bond motifs is 5. The van der Waals surface area contributed by atoms with Crippen LogP contribution in [-0.4, -0.2) is 48.6 Å². The van der Waals surface area contributed by atoms with Crippen LogP contribution in [0.15, 0.2) is 24.3 Å². The van der Waals surface area contributed by atoms with Crippen LogP contribution < -0.4 is 0 Å². The molecule has 4 aliphatic rings. The van der Waals surface area contributed by atoms with Gasteiger partial charge in [0.25, 0.3) is 0 Å². The van der Waals surface area contributed by atoms with Crippen LogP contribution in [0.2, 0.25) is 0 Å². The Hall–Kier alpha value is -2.10. The predicted octanol–water partition coefficient (Wildman–Crippen LogP) is 7.14.